The molecule has 150 valence electrons. The summed E-state index contributed by atoms with van der Waals surface area (Å²) in [6.07, 6.45) is 0. The number of aryl methyl sites for hydroxylation is 1. The minimum Gasteiger partial charge on any atom is -0.444 e. The van der Waals surface area contributed by atoms with Crippen LogP contribution in [-0.2, 0) is 7.05 Å². The van der Waals surface area contributed by atoms with Crippen molar-refractivity contribution in [2.45, 2.75) is 13.8 Å². The van der Waals surface area contributed by atoms with Gasteiger partial charge in [-0.25, -0.2) is 5.43 Å². The summed E-state index contributed by atoms with van der Waals surface area (Å²) in [4.78, 5) is 24.4. The molecule has 1 aromatic carbocycles. The Morgan fingerprint density at radius 3 is 2.34 bits per heavy atom. The van der Waals surface area contributed by atoms with Gasteiger partial charge in [-0.3, -0.25) is 14.3 Å². The van der Waals surface area contributed by atoms with Crippen LogP contribution < -0.4 is 10.7 Å². The maximum atomic E-state index is 12.3. The quantitative estimate of drug-likeness (QED) is 0.386. The van der Waals surface area contributed by atoms with Gasteiger partial charge in [-0.1, -0.05) is 12.1 Å². The van der Waals surface area contributed by atoms with Crippen LogP contribution in [0.1, 0.15) is 39.2 Å². The maximum absolute atomic E-state index is 12.3. The molecule has 0 saturated heterocycles. The van der Waals surface area contributed by atoms with Gasteiger partial charge in [-0.05, 0) is 75.5 Å². The first-order valence-corrected chi connectivity index (χ1v) is 10.1. The van der Waals surface area contributed by atoms with E-state index in [2.05, 4.69) is 52.8 Å². The molecule has 3 rings (SSSR count). The molecule has 0 aliphatic rings. The van der Waals surface area contributed by atoms with Crippen molar-refractivity contribution >= 4 is 55.1 Å². The van der Waals surface area contributed by atoms with Crippen molar-refractivity contribution < 1.29 is 14.0 Å². The number of rotatable bonds is 5. The second-order valence-electron chi connectivity index (χ2n) is 6.14. The van der Waals surface area contributed by atoms with Gasteiger partial charge in [0.15, 0.2) is 16.1 Å². The largest absolute Gasteiger partial charge is 0.444 e. The highest BCUT2D eigenvalue weighted by atomic mass is 79.9. The molecule has 8 nitrogen and oxygen atoms in total. The number of hydrazone groups is 1. The number of furan rings is 1. The van der Waals surface area contributed by atoms with Gasteiger partial charge in [0.2, 0.25) is 0 Å². The second kappa shape index (κ2) is 8.75. The number of hydrogen-bond donors (Lipinski definition) is 2. The first-order chi connectivity index (χ1) is 13.8. The lowest BCUT2D eigenvalue weighted by Gasteiger charge is -2.06. The molecule has 2 heterocycles. The lowest BCUT2D eigenvalue weighted by atomic mass is 10.1. The van der Waals surface area contributed by atoms with Gasteiger partial charge in [-0.2, -0.15) is 10.2 Å². The minimum absolute atomic E-state index is 0.206. The van der Waals surface area contributed by atoms with Crippen molar-refractivity contribution in [1.29, 1.82) is 0 Å². The van der Waals surface area contributed by atoms with Crippen LogP contribution >= 0.6 is 31.9 Å². The van der Waals surface area contributed by atoms with E-state index in [9.17, 15) is 9.59 Å². The van der Waals surface area contributed by atoms with Crippen molar-refractivity contribution in [2.24, 2.45) is 12.1 Å². The fourth-order valence-corrected chi connectivity index (χ4v) is 3.23. The SMILES string of the molecule is C/C(=N/NC(=O)c1nn(C)c(C)c1Br)c1ccc(NC(=O)c2ccc(Br)o2)cc1. The predicted molar refractivity (Wildman–Crippen MR) is 116 cm³/mol. The number of amides is 2. The Balaban J connectivity index is 1.65. The van der Waals surface area contributed by atoms with Gasteiger partial charge in [0.05, 0.1) is 15.9 Å². The van der Waals surface area contributed by atoms with Crippen LogP contribution in [0.15, 0.2) is 55.1 Å². The molecular weight excluding hydrogens is 506 g/mol. The molecule has 0 saturated carbocycles. The molecule has 0 aliphatic carbocycles. The lowest BCUT2D eigenvalue weighted by molar-refractivity contribution is 0.0947. The Labute approximate surface area is 183 Å². The van der Waals surface area contributed by atoms with Crippen molar-refractivity contribution in [3.63, 3.8) is 0 Å². The van der Waals surface area contributed by atoms with Crippen molar-refractivity contribution in [3.8, 4) is 0 Å². The summed E-state index contributed by atoms with van der Waals surface area (Å²) < 4.78 is 7.96. The number of hydrogen-bond acceptors (Lipinski definition) is 5. The number of aromatic nitrogens is 2. The van der Waals surface area contributed by atoms with E-state index >= 15 is 0 Å². The average Bonchev–Trinajstić information content (AvgIpc) is 3.25. The molecule has 3 aromatic rings. The van der Waals surface area contributed by atoms with Crippen molar-refractivity contribution in [3.05, 3.63) is 68.3 Å². The fourth-order valence-electron chi connectivity index (χ4n) is 2.40. The van der Waals surface area contributed by atoms with Crippen LogP contribution in [0.25, 0.3) is 0 Å². The molecule has 2 amide bonds. The number of carbonyl (C=O) groups is 2. The predicted octanol–water partition coefficient (Wildman–Crippen LogP) is 4.25. The van der Waals surface area contributed by atoms with Gasteiger partial charge >= 0.3 is 0 Å². The lowest BCUT2D eigenvalue weighted by Crippen LogP contribution is -2.20. The molecular formula is C19H17Br2N5O3. The Kier molecular flexibility index (Phi) is 6.33. The van der Waals surface area contributed by atoms with Gasteiger partial charge in [-0.15, -0.1) is 0 Å². The number of benzene rings is 1. The third kappa shape index (κ3) is 4.83. The number of carbonyl (C=O) groups excluding carboxylic acids is 2. The molecule has 0 bridgehead atoms. The average molecular weight is 523 g/mol. The van der Waals surface area contributed by atoms with Crippen LogP contribution in [0.3, 0.4) is 0 Å². The summed E-state index contributed by atoms with van der Waals surface area (Å²) >= 11 is 6.52. The molecule has 2 N–H and O–H groups in total. The Morgan fingerprint density at radius 2 is 1.79 bits per heavy atom. The number of halogens is 2. The monoisotopic (exact) mass is 521 g/mol. The third-order valence-electron chi connectivity index (χ3n) is 4.16. The van der Waals surface area contributed by atoms with Gasteiger partial charge in [0, 0.05) is 12.7 Å². The maximum Gasteiger partial charge on any atom is 0.293 e. The highest BCUT2D eigenvalue weighted by Gasteiger charge is 2.17. The van der Waals surface area contributed by atoms with Crippen LogP contribution in [-0.4, -0.2) is 27.3 Å². The van der Waals surface area contributed by atoms with E-state index < -0.39 is 5.91 Å². The summed E-state index contributed by atoms with van der Waals surface area (Å²) in [5.74, 6) is -0.553. The first kappa shape index (κ1) is 21.0. The molecule has 10 heteroatoms. The first-order valence-electron chi connectivity index (χ1n) is 8.47. The summed E-state index contributed by atoms with van der Waals surface area (Å²) in [5.41, 5.74) is 5.62. The third-order valence-corrected chi connectivity index (χ3v) is 5.53. The number of nitrogens with zero attached hydrogens (tertiary/aromatic N) is 3. The molecule has 0 atom stereocenters. The topological polar surface area (TPSA) is 102 Å². The number of anilines is 1. The summed E-state index contributed by atoms with van der Waals surface area (Å²) in [6, 6.07) is 10.3. The summed E-state index contributed by atoms with van der Waals surface area (Å²) in [6.45, 7) is 3.63. The summed E-state index contributed by atoms with van der Waals surface area (Å²) in [7, 11) is 1.76. The van der Waals surface area contributed by atoms with E-state index in [1.54, 1.807) is 55.1 Å². The second-order valence-corrected chi connectivity index (χ2v) is 7.72. The summed E-state index contributed by atoms with van der Waals surface area (Å²) in [5, 5.41) is 11.0. The van der Waals surface area contributed by atoms with Crippen LogP contribution in [0.5, 0.6) is 0 Å². The van der Waals surface area contributed by atoms with E-state index in [4.69, 9.17) is 4.42 Å². The van der Waals surface area contributed by atoms with E-state index in [1.165, 1.54) is 0 Å². The van der Waals surface area contributed by atoms with Gasteiger partial charge < -0.3 is 9.73 Å². The molecule has 0 aliphatic heterocycles. The van der Waals surface area contributed by atoms with Crippen LogP contribution in [0.4, 0.5) is 5.69 Å². The molecule has 29 heavy (non-hydrogen) atoms. The number of nitrogens with one attached hydrogen (secondary N) is 2. The standard InChI is InChI=1S/C19H17Br2N5O3/c1-10(23-24-19(28)17-16(21)11(2)26(3)25-17)12-4-6-13(7-5-12)22-18(27)14-8-9-15(20)29-14/h4-9H,1-3H3,(H,22,27)(H,24,28)/b23-10-. The highest BCUT2D eigenvalue weighted by Crippen LogP contribution is 2.20. The smallest absolute Gasteiger partial charge is 0.293 e. The molecule has 2 aromatic heterocycles. The Hall–Kier alpha value is -2.72. The molecule has 0 radical (unpaired) electrons. The van der Waals surface area contributed by atoms with Gasteiger partial charge in [0.25, 0.3) is 11.8 Å². The Morgan fingerprint density at radius 1 is 1.10 bits per heavy atom. The molecule has 0 unspecified atom stereocenters. The molecule has 0 fully saturated rings. The van der Waals surface area contributed by atoms with Crippen LogP contribution in [0, 0.1) is 6.92 Å². The zero-order chi connectivity index (χ0) is 21.1. The fraction of sp³-hybridized carbons (Fsp3) is 0.158. The zero-order valence-corrected chi connectivity index (χ0v) is 19.0. The van der Waals surface area contributed by atoms with E-state index in [1.807, 2.05) is 6.92 Å². The van der Waals surface area contributed by atoms with E-state index in [-0.39, 0.29) is 17.4 Å². The zero-order valence-electron chi connectivity index (χ0n) is 15.8. The van der Waals surface area contributed by atoms with Crippen molar-refractivity contribution in [2.75, 3.05) is 5.32 Å². The van der Waals surface area contributed by atoms with Gasteiger partial charge in [0.1, 0.15) is 0 Å². The highest BCUT2D eigenvalue weighted by molar-refractivity contribution is 9.10. The molecule has 0 spiro atoms. The minimum atomic E-state index is -0.409. The van der Waals surface area contributed by atoms with E-state index in [0.29, 0.717) is 20.5 Å². The van der Waals surface area contributed by atoms with Crippen LogP contribution in [0.2, 0.25) is 0 Å². The van der Waals surface area contributed by atoms with E-state index in [0.717, 1.165) is 11.3 Å². The Bertz CT molecular complexity index is 1100. The normalized spacial score (nSPS) is 11.4. The van der Waals surface area contributed by atoms with Crippen molar-refractivity contribution in [1.82, 2.24) is 15.2 Å².